The molecular formula is C11H17N. The lowest BCUT2D eigenvalue weighted by Crippen LogP contribution is -1.97. The predicted molar refractivity (Wildman–Crippen MR) is 56.7 cm³/mol. The van der Waals surface area contributed by atoms with E-state index in [1.807, 2.05) is 38.3 Å². The van der Waals surface area contributed by atoms with Crippen molar-refractivity contribution in [1.82, 2.24) is 0 Å². The molecule has 12 heavy (non-hydrogen) atoms. The van der Waals surface area contributed by atoms with Gasteiger partial charge in [-0.2, -0.15) is 0 Å². The van der Waals surface area contributed by atoms with Gasteiger partial charge < -0.3 is 0 Å². The Kier molecular flexibility index (Phi) is 5.98. The molecule has 0 bridgehead atoms. The average Bonchev–Trinajstić information content (AvgIpc) is 2.12. The van der Waals surface area contributed by atoms with Gasteiger partial charge in [0, 0.05) is 12.8 Å². The lowest BCUT2D eigenvalue weighted by atomic mass is 10.1. The van der Waals surface area contributed by atoms with Crippen molar-refractivity contribution in [1.29, 1.82) is 0 Å². The maximum atomic E-state index is 4.17. The lowest BCUT2D eigenvalue weighted by molar-refractivity contribution is 1.24. The molecule has 0 unspecified atom stereocenters. The highest BCUT2D eigenvalue weighted by Gasteiger charge is 1.96. The number of aliphatic imine (C=N–C) groups is 1. The van der Waals surface area contributed by atoms with Crippen molar-refractivity contribution in [2.45, 2.75) is 20.3 Å². The van der Waals surface area contributed by atoms with Crippen LogP contribution in [0.25, 0.3) is 0 Å². The van der Waals surface area contributed by atoms with Gasteiger partial charge >= 0.3 is 0 Å². The third kappa shape index (κ3) is 3.33. The van der Waals surface area contributed by atoms with Gasteiger partial charge in [-0.25, -0.2) is 0 Å². The van der Waals surface area contributed by atoms with E-state index in [0.29, 0.717) is 0 Å². The molecule has 0 spiro atoms. The van der Waals surface area contributed by atoms with E-state index in [4.69, 9.17) is 0 Å². The Labute approximate surface area is 75.2 Å². The maximum Gasteiger partial charge on any atom is 0.0414 e. The minimum Gasteiger partial charge on any atom is -0.292 e. The molecular weight excluding hydrogens is 146 g/mol. The summed E-state index contributed by atoms with van der Waals surface area (Å²) in [6, 6.07) is 0. The van der Waals surface area contributed by atoms with Gasteiger partial charge in [0.1, 0.15) is 0 Å². The minimum absolute atomic E-state index is 0.950. The van der Waals surface area contributed by atoms with E-state index in [9.17, 15) is 0 Å². The SMILES string of the molecule is C=C/C(=C/C=CC)C(CC)=NC. The normalized spacial score (nSPS) is 13.9. The predicted octanol–water partition coefficient (Wildman–Crippen LogP) is 3.16. The zero-order valence-corrected chi connectivity index (χ0v) is 8.17. The van der Waals surface area contributed by atoms with Gasteiger partial charge in [0.15, 0.2) is 0 Å². The molecule has 0 aliphatic carbocycles. The van der Waals surface area contributed by atoms with E-state index in [0.717, 1.165) is 17.7 Å². The maximum absolute atomic E-state index is 4.17. The largest absolute Gasteiger partial charge is 0.292 e. The van der Waals surface area contributed by atoms with Crippen LogP contribution < -0.4 is 0 Å². The van der Waals surface area contributed by atoms with Gasteiger partial charge in [0.05, 0.1) is 0 Å². The standard InChI is InChI=1S/C11H17N/c1-5-8-9-10(6-2)11(7-3)12-4/h5-6,8-9H,2,7H2,1,3-4H3/b8-5?,10-9-,12-11?. The van der Waals surface area contributed by atoms with Crippen LogP contribution >= 0.6 is 0 Å². The summed E-state index contributed by atoms with van der Waals surface area (Å²) >= 11 is 0. The van der Waals surface area contributed by atoms with E-state index in [2.05, 4.69) is 18.5 Å². The molecule has 1 nitrogen and oxygen atoms in total. The Hall–Kier alpha value is -1.11. The van der Waals surface area contributed by atoms with Crippen LogP contribution in [0.5, 0.6) is 0 Å². The summed E-state index contributed by atoms with van der Waals surface area (Å²) in [5.74, 6) is 0. The van der Waals surface area contributed by atoms with Crippen LogP contribution in [0.15, 0.2) is 41.4 Å². The van der Waals surface area contributed by atoms with E-state index in [1.165, 1.54) is 0 Å². The smallest absolute Gasteiger partial charge is 0.0414 e. The van der Waals surface area contributed by atoms with E-state index < -0.39 is 0 Å². The van der Waals surface area contributed by atoms with Gasteiger partial charge in [-0.1, -0.05) is 37.8 Å². The summed E-state index contributed by atoms with van der Waals surface area (Å²) in [4.78, 5) is 4.17. The molecule has 0 N–H and O–H groups in total. The van der Waals surface area contributed by atoms with Gasteiger partial charge in [-0.15, -0.1) is 0 Å². The number of hydrogen-bond acceptors (Lipinski definition) is 1. The van der Waals surface area contributed by atoms with Crippen LogP contribution in [0.2, 0.25) is 0 Å². The van der Waals surface area contributed by atoms with Crippen LogP contribution in [-0.2, 0) is 0 Å². The Balaban J connectivity index is 4.64. The fourth-order valence-electron chi connectivity index (χ4n) is 0.973. The second kappa shape index (κ2) is 6.59. The zero-order chi connectivity index (χ0) is 9.40. The molecule has 1 heteroatoms. The van der Waals surface area contributed by atoms with Gasteiger partial charge in [0.2, 0.25) is 0 Å². The molecule has 0 aliphatic heterocycles. The van der Waals surface area contributed by atoms with Crippen molar-refractivity contribution in [2.24, 2.45) is 4.99 Å². The first-order valence-electron chi connectivity index (χ1n) is 4.21. The van der Waals surface area contributed by atoms with Crippen molar-refractivity contribution in [3.05, 3.63) is 36.5 Å². The zero-order valence-electron chi connectivity index (χ0n) is 8.17. The molecule has 0 heterocycles. The monoisotopic (exact) mass is 163 g/mol. The minimum atomic E-state index is 0.950. The highest BCUT2D eigenvalue weighted by atomic mass is 14.7. The molecule has 0 saturated carbocycles. The second-order valence-electron chi connectivity index (χ2n) is 2.38. The Morgan fingerprint density at radius 2 is 2.17 bits per heavy atom. The number of nitrogens with zero attached hydrogens (tertiary/aromatic N) is 1. The summed E-state index contributed by atoms with van der Waals surface area (Å²) < 4.78 is 0. The van der Waals surface area contributed by atoms with Crippen LogP contribution in [0, 0.1) is 0 Å². The number of allylic oxidation sites excluding steroid dienone is 5. The molecule has 0 saturated heterocycles. The molecule has 0 aliphatic rings. The first-order valence-corrected chi connectivity index (χ1v) is 4.21. The van der Waals surface area contributed by atoms with E-state index >= 15 is 0 Å². The molecule has 0 atom stereocenters. The van der Waals surface area contributed by atoms with Crippen molar-refractivity contribution in [2.75, 3.05) is 7.05 Å². The third-order valence-electron chi connectivity index (χ3n) is 1.63. The number of hydrogen-bond donors (Lipinski definition) is 0. The van der Waals surface area contributed by atoms with Gasteiger partial charge in [-0.3, -0.25) is 4.99 Å². The Morgan fingerprint density at radius 1 is 1.50 bits per heavy atom. The summed E-state index contributed by atoms with van der Waals surface area (Å²) in [6.45, 7) is 7.83. The van der Waals surface area contributed by atoms with Crippen LogP contribution in [0.1, 0.15) is 20.3 Å². The summed E-state index contributed by atoms with van der Waals surface area (Å²) in [5, 5.41) is 0. The lowest BCUT2D eigenvalue weighted by Gasteiger charge is -2.01. The molecule has 0 fully saturated rings. The molecule has 0 rings (SSSR count). The van der Waals surface area contributed by atoms with Crippen LogP contribution in [0.4, 0.5) is 0 Å². The average molecular weight is 163 g/mol. The first kappa shape index (κ1) is 10.9. The Bertz CT molecular complexity index is 219. The van der Waals surface area contributed by atoms with Gasteiger partial charge in [-0.05, 0) is 18.9 Å². The fourth-order valence-corrected chi connectivity index (χ4v) is 0.973. The highest BCUT2D eigenvalue weighted by Crippen LogP contribution is 2.03. The quantitative estimate of drug-likeness (QED) is 0.446. The van der Waals surface area contributed by atoms with Crippen LogP contribution in [-0.4, -0.2) is 12.8 Å². The Morgan fingerprint density at radius 3 is 2.50 bits per heavy atom. The summed E-state index contributed by atoms with van der Waals surface area (Å²) in [7, 11) is 1.81. The van der Waals surface area contributed by atoms with Crippen molar-refractivity contribution in [3.63, 3.8) is 0 Å². The van der Waals surface area contributed by atoms with Crippen molar-refractivity contribution < 1.29 is 0 Å². The molecule has 0 amide bonds. The second-order valence-corrected chi connectivity index (χ2v) is 2.38. The summed E-state index contributed by atoms with van der Waals surface area (Å²) in [5.41, 5.74) is 2.21. The first-order chi connectivity index (χ1) is 5.79. The molecule has 0 aromatic carbocycles. The molecule has 0 aromatic heterocycles. The highest BCUT2D eigenvalue weighted by molar-refractivity contribution is 6.02. The fraction of sp³-hybridized carbons (Fsp3) is 0.364. The van der Waals surface area contributed by atoms with Gasteiger partial charge in [0.25, 0.3) is 0 Å². The molecule has 0 aromatic rings. The topological polar surface area (TPSA) is 12.4 Å². The summed E-state index contributed by atoms with van der Waals surface area (Å²) in [6.07, 6.45) is 8.81. The third-order valence-corrected chi connectivity index (χ3v) is 1.63. The van der Waals surface area contributed by atoms with Crippen LogP contribution in [0.3, 0.4) is 0 Å². The molecule has 0 radical (unpaired) electrons. The van der Waals surface area contributed by atoms with E-state index in [1.54, 1.807) is 0 Å². The van der Waals surface area contributed by atoms with Crippen molar-refractivity contribution in [3.8, 4) is 0 Å². The number of rotatable bonds is 4. The molecule has 66 valence electrons. The van der Waals surface area contributed by atoms with E-state index in [-0.39, 0.29) is 0 Å². The van der Waals surface area contributed by atoms with Crippen molar-refractivity contribution >= 4 is 5.71 Å².